The van der Waals surface area contributed by atoms with E-state index in [9.17, 15) is 9.59 Å². The zero-order valence-corrected chi connectivity index (χ0v) is 22.8. The van der Waals surface area contributed by atoms with Crippen molar-refractivity contribution in [3.63, 3.8) is 0 Å². The number of rotatable bonds is 9. The fraction of sp³-hybridized carbons (Fsp3) is 0.233. The SMILES string of the molecule is CC(=O)N1CC(Nc2ccc(Nc3ncc4cccc(-c5cc(NC(=O)/C=C/CN(C)C)ccn5)c4n3)cc2)C1. The first kappa shape index (κ1) is 26.8. The molecule has 0 unspecified atom stereocenters. The molecule has 0 radical (unpaired) electrons. The minimum absolute atomic E-state index is 0.106. The summed E-state index contributed by atoms with van der Waals surface area (Å²) in [5.41, 5.74) is 4.78. The number of fused-ring (bicyclic) bond motifs is 1. The van der Waals surface area contributed by atoms with Crippen LogP contribution in [0.5, 0.6) is 0 Å². The fourth-order valence-electron chi connectivity index (χ4n) is 4.37. The zero-order chi connectivity index (χ0) is 28.1. The number of nitrogens with zero attached hydrogens (tertiary/aromatic N) is 5. The van der Waals surface area contributed by atoms with E-state index in [0.717, 1.165) is 40.9 Å². The average molecular weight is 537 g/mol. The van der Waals surface area contributed by atoms with Crippen molar-refractivity contribution in [1.82, 2.24) is 24.8 Å². The Labute approximate surface area is 233 Å². The van der Waals surface area contributed by atoms with Gasteiger partial charge in [-0.25, -0.2) is 9.97 Å². The summed E-state index contributed by atoms with van der Waals surface area (Å²) in [6, 6.07) is 17.6. The summed E-state index contributed by atoms with van der Waals surface area (Å²) in [4.78, 5) is 41.3. The Balaban J connectivity index is 1.29. The largest absolute Gasteiger partial charge is 0.379 e. The Morgan fingerprint density at radius 3 is 2.55 bits per heavy atom. The molecular weight excluding hydrogens is 504 g/mol. The third-order valence-corrected chi connectivity index (χ3v) is 6.49. The Kier molecular flexibility index (Phi) is 7.97. The zero-order valence-electron chi connectivity index (χ0n) is 22.8. The summed E-state index contributed by atoms with van der Waals surface area (Å²) >= 11 is 0. The normalized spacial score (nSPS) is 13.4. The van der Waals surface area contributed by atoms with Gasteiger partial charge in [0.1, 0.15) is 0 Å². The van der Waals surface area contributed by atoms with E-state index in [4.69, 9.17) is 4.98 Å². The standard InChI is InChI=1S/C30H32N8O2/c1-20(39)38-18-25(19-38)33-22-9-11-23(12-10-22)35-30-32-17-21-6-4-7-26(29(21)36-30)27-16-24(13-14-31-27)34-28(40)8-5-15-37(2)3/h4-14,16-17,25,33H,15,18-19H2,1-3H3,(H,31,34,40)(H,32,35,36)/b8-5+. The van der Waals surface area contributed by atoms with Crippen molar-refractivity contribution < 1.29 is 9.59 Å². The molecule has 2 aromatic heterocycles. The Bertz CT molecular complexity index is 1550. The molecule has 0 bridgehead atoms. The van der Waals surface area contributed by atoms with Gasteiger partial charge < -0.3 is 25.8 Å². The Hall–Kier alpha value is -4.83. The Morgan fingerprint density at radius 2 is 1.80 bits per heavy atom. The molecule has 1 saturated heterocycles. The third kappa shape index (κ3) is 6.59. The number of carbonyl (C=O) groups excluding carboxylic acids is 2. The van der Waals surface area contributed by atoms with Crippen molar-refractivity contribution in [2.45, 2.75) is 13.0 Å². The predicted molar refractivity (Wildman–Crippen MR) is 158 cm³/mol. The number of pyridine rings is 1. The molecule has 1 aliphatic heterocycles. The number of hydrogen-bond donors (Lipinski definition) is 3. The summed E-state index contributed by atoms with van der Waals surface area (Å²) in [7, 11) is 3.89. The van der Waals surface area contributed by atoms with E-state index >= 15 is 0 Å². The fourth-order valence-corrected chi connectivity index (χ4v) is 4.37. The minimum Gasteiger partial charge on any atom is -0.379 e. The van der Waals surface area contributed by atoms with Crippen LogP contribution < -0.4 is 16.0 Å². The van der Waals surface area contributed by atoms with E-state index in [1.165, 1.54) is 6.08 Å². The van der Waals surface area contributed by atoms with Crippen LogP contribution in [0.1, 0.15) is 6.92 Å². The number of aromatic nitrogens is 3. The molecular formula is C30H32N8O2. The second-order valence-corrected chi connectivity index (χ2v) is 9.99. The first-order chi connectivity index (χ1) is 19.3. The van der Waals surface area contributed by atoms with Crippen molar-refractivity contribution in [3.05, 3.63) is 79.1 Å². The highest BCUT2D eigenvalue weighted by atomic mass is 16.2. The number of nitrogens with one attached hydrogen (secondary N) is 3. The Morgan fingerprint density at radius 1 is 1.02 bits per heavy atom. The molecule has 1 aliphatic rings. The molecule has 2 amide bonds. The molecule has 0 saturated carbocycles. The molecule has 1 fully saturated rings. The van der Waals surface area contributed by atoms with Crippen LogP contribution in [0, 0.1) is 0 Å². The first-order valence-corrected chi connectivity index (χ1v) is 13.1. The van der Waals surface area contributed by atoms with Gasteiger partial charge in [-0.15, -0.1) is 0 Å². The van der Waals surface area contributed by atoms with Gasteiger partial charge in [0.15, 0.2) is 0 Å². The van der Waals surface area contributed by atoms with Gasteiger partial charge in [-0.1, -0.05) is 24.3 Å². The highest BCUT2D eigenvalue weighted by Gasteiger charge is 2.28. The second-order valence-electron chi connectivity index (χ2n) is 9.99. The second kappa shape index (κ2) is 11.9. The number of benzene rings is 2. The smallest absolute Gasteiger partial charge is 0.248 e. The molecule has 4 aromatic rings. The van der Waals surface area contributed by atoms with Crippen molar-refractivity contribution in [2.75, 3.05) is 49.7 Å². The number of hydrogen-bond acceptors (Lipinski definition) is 8. The lowest BCUT2D eigenvalue weighted by atomic mass is 10.1. The molecule has 3 heterocycles. The van der Waals surface area contributed by atoms with Crippen LogP contribution in [-0.2, 0) is 9.59 Å². The average Bonchev–Trinajstić information content (AvgIpc) is 2.90. The lowest BCUT2D eigenvalue weighted by Gasteiger charge is -2.39. The van der Waals surface area contributed by atoms with Gasteiger partial charge in [-0.05, 0) is 50.5 Å². The van der Waals surface area contributed by atoms with Crippen molar-refractivity contribution in [2.24, 2.45) is 0 Å². The molecule has 10 nitrogen and oxygen atoms in total. The molecule has 0 spiro atoms. The van der Waals surface area contributed by atoms with E-state index in [1.54, 1.807) is 25.4 Å². The molecule has 0 atom stereocenters. The summed E-state index contributed by atoms with van der Waals surface area (Å²) in [5, 5.41) is 10.5. The highest BCUT2D eigenvalue weighted by Crippen LogP contribution is 2.28. The molecule has 3 N–H and O–H groups in total. The van der Waals surface area contributed by atoms with Crippen molar-refractivity contribution in [1.29, 1.82) is 0 Å². The lowest BCUT2D eigenvalue weighted by Crippen LogP contribution is -2.56. The van der Waals surface area contributed by atoms with Crippen LogP contribution in [0.15, 0.2) is 79.1 Å². The molecule has 204 valence electrons. The van der Waals surface area contributed by atoms with E-state index in [0.29, 0.717) is 23.9 Å². The maximum absolute atomic E-state index is 12.3. The topological polar surface area (TPSA) is 115 Å². The van der Waals surface area contributed by atoms with Crippen LogP contribution >= 0.6 is 0 Å². The first-order valence-electron chi connectivity index (χ1n) is 13.1. The number of likely N-dealkylation sites (tertiary alicyclic amines) is 1. The number of anilines is 4. The van der Waals surface area contributed by atoms with Crippen molar-refractivity contribution >= 4 is 45.7 Å². The maximum Gasteiger partial charge on any atom is 0.248 e. The molecule has 5 rings (SSSR count). The molecule has 10 heteroatoms. The van der Waals surface area contributed by atoms with Gasteiger partial charge in [0, 0.05) is 73.0 Å². The highest BCUT2D eigenvalue weighted by molar-refractivity contribution is 6.00. The van der Waals surface area contributed by atoms with Crippen LogP contribution in [0.25, 0.3) is 22.2 Å². The van der Waals surface area contributed by atoms with Crippen molar-refractivity contribution in [3.8, 4) is 11.3 Å². The summed E-state index contributed by atoms with van der Waals surface area (Å²) in [6.45, 7) is 3.72. The summed E-state index contributed by atoms with van der Waals surface area (Å²) in [6.07, 6.45) is 6.80. The van der Waals surface area contributed by atoms with E-state index in [2.05, 4.69) is 25.9 Å². The van der Waals surface area contributed by atoms with E-state index < -0.39 is 0 Å². The van der Waals surface area contributed by atoms with Crippen LogP contribution in [0.4, 0.5) is 23.0 Å². The maximum atomic E-state index is 12.3. The van der Waals surface area contributed by atoms with Gasteiger partial charge in [-0.3, -0.25) is 14.6 Å². The summed E-state index contributed by atoms with van der Waals surface area (Å²) in [5.74, 6) is 0.375. The molecule has 0 aliphatic carbocycles. The van der Waals surface area contributed by atoms with Crippen LogP contribution in [-0.4, -0.2) is 76.3 Å². The van der Waals surface area contributed by atoms with Gasteiger partial charge in [0.25, 0.3) is 0 Å². The summed E-state index contributed by atoms with van der Waals surface area (Å²) < 4.78 is 0. The molecule has 40 heavy (non-hydrogen) atoms. The predicted octanol–water partition coefficient (Wildman–Crippen LogP) is 4.13. The van der Waals surface area contributed by atoms with Crippen LogP contribution in [0.3, 0.4) is 0 Å². The van der Waals surface area contributed by atoms with Gasteiger partial charge in [-0.2, -0.15) is 0 Å². The lowest BCUT2D eigenvalue weighted by molar-refractivity contribution is -0.132. The van der Waals surface area contributed by atoms with Crippen LogP contribution in [0.2, 0.25) is 0 Å². The van der Waals surface area contributed by atoms with Gasteiger partial charge >= 0.3 is 0 Å². The van der Waals surface area contributed by atoms with Gasteiger partial charge in [0.05, 0.1) is 17.3 Å². The van der Waals surface area contributed by atoms with E-state index in [1.807, 2.05) is 78.5 Å². The molecule has 2 aromatic carbocycles. The number of likely N-dealkylation sites (N-methyl/N-ethyl adjacent to an activating group) is 1. The minimum atomic E-state index is -0.197. The monoisotopic (exact) mass is 536 g/mol. The number of amides is 2. The quantitative estimate of drug-likeness (QED) is 0.274. The number of para-hydroxylation sites is 1. The van der Waals surface area contributed by atoms with E-state index in [-0.39, 0.29) is 17.9 Å². The van der Waals surface area contributed by atoms with Gasteiger partial charge in [0.2, 0.25) is 17.8 Å². The third-order valence-electron chi connectivity index (χ3n) is 6.49. The number of carbonyl (C=O) groups is 2.